The molecule has 0 atom stereocenters. The molecule has 1 aliphatic rings. The van der Waals surface area contributed by atoms with E-state index in [1.807, 2.05) is 41.8 Å². The molecule has 6 nitrogen and oxygen atoms in total. The molecule has 2 N–H and O–H groups in total. The maximum atomic E-state index is 12.8. The number of rotatable bonds is 9. The molecule has 0 aromatic heterocycles. The van der Waals surface area contributed by atoms with Crippen LogP contribution in [0.25, 0.3) is 0 Å². The maximum Gasteiger partial charge on any atom is 0.387 e. The number of anilines is 1. The highest BCUT2D eigenvalue weighted by molar-refractivity contribution is 7.99. The van der Waals surface area contributed by atoms with Gasteiger partial charge in [0.15, 0.2) is 0 Å². The Morgan fingerprint density at radius 3 is 2.53 bits per heavy atom. The van der Waals surface area contributed by atoms with E-state index in [0.717, 1.165) is 41.4 Å². The number of thioether (sulfide) groups is 1. The highest BCUT2D eigenvalue weighted by Gasteiger charge is 2.20. The molecule has 0 saturated carbocycles. The van der Waals surface area contributed by atoms with Gasteiger partial charge in [-0.1, -0.05) is 18.2 Å². The van der Waals surface area contributed by atoms with Crippen LogP contribution in [0, 0.1) is 6.92 Å². The molecule has 0 aliphatic carbocycles. The van der Waals surface area contributed by atoms with Crippen molar-refractivity contribution in [1.82, 2.24) is 10.2 Å². The Balaban J connectivity index is 1.46. The number of ether oxygens (including phenoxy) is 1. The van der Waals surface area contributed by atoms with Gasteiger partial charge in [0.1, 0.15) is 5.75 Å². The monoisotopic (exact) mass is 463 g/mol. The fourth-order valence-electron chi connectivity index (χ4n) is 3.42. The van der Waals surface area contributed by atoms with Gasteiger partial charge in [0.2, 0.25) is 5.91 Å². The first-order valence-electron chi connectivity index (χ1n) is 10.4. The molecule has 3 rings (SSSR count). The number of halogens is 2. The molecule has 0 unspecified atom stereocenters. The standard InChI is InChI=1S/C23H27F2N3O3S/c1-16-19(22(30)28-11-13-32-14-12-28)3-2-4-20(16)27-15-21(29)26-10-9-17-5-7-18(8-6-17)31-23(24)25/h2-8,23,27H,9-15H2,1H3,(H,26,29). The SMILES string of the molecule is Cc1c(NCC(=O)NCCc2ccc(OC(F)F)cc2)cccc1C(=O)N1CCSCC1. The molecule has 172 valence electrons. The van der Waals surface area contributed by atoms with Crippen LogP contribution in [0.1, 0.15) is 21.5 Å². The molecule has 32 heavy (non-hydrogen) atoms. The number of amides is 2. The van der Waals surface area contributed by atoms with Crippen LogP contribution in [0.5, 0.6) is 5.75 Å². The molecular formula is C23H27F2N3O3S. The number of nitrogens with one attached hydrogen (secondary N) is 2. The Kier molecular flexibility index (Phi) is 8.72. The van der Waals surface area contributed by atoms with Crippen molar-refractivity contribution in [2.75, 3.05) is 43.0 Å². The minimum atomic E-state index is -2.85. The second-order valence-corrected chi connectivity index (χ2v) is 8.58. The van der Waals surface area contributed by atoms with Gasteiger partial charge in [0.05, 0.1) is 6.54 Å². The van der Waals surface area contributed by atoms with E-state index < -0.39 is 6.61 Å². The van der Waals surface area contributed by atoms with Crippen molar-refractivity contribution in [3.8, 4) is 5.75 Å². The Bertz CT molecular complexity index is 919. The minimum absolute atomic E-state index is 0.0286. The van der Waals surface area contributed by atoms with E-state index in [1.165, 1.54) is 12.1 Å². The third kappa shape index (κ3) is 6.85. The summed E-state index contributed by atoms with van der Waals surface area (Å²) in [5.74, 6) is 1.87. The predicted octanol–water partition coefficient (Wildman–Crippen LogP) is 3.56. The maximum absolute atomic E-state index is 12.8. The zero-order valence-corrected chi connectivity index (χ0v) is 18.7. The summed E-state index contributed by atoms with van der Waals surface area (Å²) >= 11 is 1.85. The molecule has 0 bridgehead atoms. The van der Waals surface area contributed by atoms with Crippen molar-refractivity contribution in [1.29, 1.82) is 0 Å². The van der Waals surface area contributed by atoms with Gasteiger partial charge in [-0.05, 0) is 48.7 Å². The lowest BCUT2D eigenvalue weighted by Gasteiger charge is -2.27. The molecule has 2 amide bonds. The van der Waals surface area contributed by atoms with E-state index in [0.29, 0.717) is 18.5 Å². The summed E-state index contributed by atoms with van der Waals surface area (Å²) in [5, 5.41) is 5.94. The lowest BCUT2D eigenvalue weighted by Crippen LogP contribution is -2.38. The van der Waals surface area contributed by atoms with Crippen LogP contribution in [0.15, 0.2) is 42.5 Å². The van der Waals surface area contributed by atoms with E-state index in [2.05, 4.69) is 15.4 Å². The van der Waals surface area contributed by atoms with Crippen molar-refractivity contribution in [2.45, 2.75) is 20.0 Å². The smallest absolute Gasteiger partial charge is 0.387 e. The third-order valence-electron chi connectivity index (χ3n) is 5.19. The van der Waals surface area contributed by atoms with E-state index in [-0.39, 0.29) is 24.1 Å². The second-order valence-electron chi connectivity index (χ2n) is 7.36. The van der Waals surface area contributed by atoms with Gasteiger partial charge in [-0.2, -0.15) is 20.5 Å². The summed E-state index contributed by atoms with van der Waals surface area (Å²) in [7, 11) is 0. The average Bonchev–Trinajstić information content (AvgIpc) is 2.79. The van der Waals surface area contributed by atoms with E-state index in [9.17, 15) is 18.4 Å². The van der Waals surface area contributed by atoms with Gasteiger partial charge in [-0.15, -0.1) is 0 Å². The Morgan fingerprint density at radius 2 is 1.84 bits per heavy atom. The summed E-state index contributed by atoms with van der Waals surface area (Å²) in [6.45, 7) is 1.04. The van der Waals surface area contributed by atoms with Crippen molar-refractivity contribution < 1.29 is 23.1 Å². The van der Waals surface area contributed by atoms with Crippen LogP contribution in [-0.4, -0.2) is 61.0 Å². The van der Waals surface area contributed by atoms with Gasteiger partial charge < -0.3 is 20.3 Å². The van der Waals surface area contributed by atoms with Crippen molar-refractivity contribution in [3.05, 3.63) is 59.2 Å². The molecule has 0 spiro atoms. The Hall–Kier alpha value is -2.81. The van der Waals surface area contributed by atoms with Crippen LogP contribution in [0.2, 0.25) is 0 Å². The minimum Gasteiger partial charge on any atom is -0.435 e. The molecule has 2 aromatic carbocycles. The number of hydrogen-bond acceptors (Lipinski definition) is 5. The molecule has 1 fully saturated rings. The summed E-state index contributed by atoms with van der Waals surface area (Å²) in [6.07, 6.45) is 0.567. The predicted molar refractivity (Wildman–Crippen MR) is 123 cm³/mol. The second kappa shape index (κ2) is 11.7. The lowest BCUT2D eigenvalue weighted by atomic mass is 10.1. The van der Waals surface area contributed by atoms with Crippen LogP contribution < -0.4 is 15.4 Å². The van der Waals surface area contributed by atoms with Crippen LogP contribution in [-0.2, 0) is 11.2 Å². The summed E-state index contributed by atoms with van der Waals surface area (Å²) in [5.41, 5.74) is 3.14. The lowest BCUT2D eigenvalue weighted by molar-refractivity contribution is -0.119. The number of carbonyl (C=O) groups is 2. The quantitative estimate of drug-likeness (QED) is 0.595. The third-order valence-corrected chi connectivity index (χ3v) is 6.13. The zero-order chi connectivity index (χ0) is 22.9. The van der Waals surface area contributed by atoms with Crippen molar-refractivity contribution >= 4 is 29.3 Å². The van der Waals surface area contributed by atoms with Crippen LogP contribution in [0.4, 0.5) is 14.5 Å². The molecule has 1 saturated heterocycles. The highest BCUT2D eigenvalue weighted by atomic mass is 32.2. The fraction of sp³-hybridized carbons (Fsp3) is 0.391. The van der Waals surface area contributed by atoms with Gasteiger partial charge in [0.25, 0.3) is 5.91 Å². The molecule has 1 aliphatic heterocycles. The number of hydrogen-bond donors (Lipinski definition) is 2. The molecule has 2 aromatic rings. The van der Waals surface area contributed by atoms with Crippen LogP contribution in [0.3, 0.4) is 0 Å². The van der Waals surface area contributed by atoms with E-state index in [1.54, 1.807) is 12.1 Å². The van der Waals surface area contributed by atoms with E-state index in [4.69, 9.17) is 0 Å². The van der Waals surface area contributed by atoms with Crippen LogP contribution >= 0.6 is 11.8 Å². The highest BCUT2D eigenvalue weighted by Crippen LogP contribution is 2.22. The number of alkyl halides is 2. The molecule has 0 radical (unpaired) electrons. The molecular weight excluding hydrogens is 436 g/mol. The van der Waals surface area contributed by atoms with E-state index >= 15 is 0 Å². The first-order valence-corrected chi connectivity index (χ1v) is 11.6. The fourth-order valence-corrected chi connectivity index (χ4v) is 4.32. The number of carbonyl (C=O) groups excluding carboxylic acids is 2. The zero-order valence-electron chi connectivity index (χ0n) is 17.9. The normalized spacial score (nSPS) is 13.7. The van der Waals surface area contributed by atoms with Crippen molar-refractivity contribution in [3.63, 3.8) is 0 Å². The van der Waals surface area contributed by atoms with Gasteiger partial charge in [-0.3, -0.25) is 9.59 Å². The first-order chi connectivity index (χ1) is 15.4. The average molecular weight is 464 g/mol. The van der Waals surface area contributed by atoms with Gasteiger partial charge in [-0.25, -0.2) is 0 Å². The largest absolute Gasteiger partial charge is 0.435 e. The molecule has 1 heterocycles. The Morgan fingerprint density at radius 1 is 1.12 bits per heavy atom. The van der Waals surface area contributed by atoms with Gasteiger partial charge in [0, 0.05) is 42.4 Å². The first kappa shape index (κ1) is 23.8. The molecule has 9 heteroatoms. The number of nitrogens with zero attached hydrogens (tertiary/aromatic N) is 1. The summed E-state index contributed by atoms with van der Waals surface area (Å²) in [4.78, 5) is 26.9. The van der Waals surface area contributed by atoms with Gasteiger partial charge >= 0.3 is 6.61 Å². The summed E-state index contributed by atoms with van der Waals surface area (Å²) in [6, 6.07) is 11.8. The Labute approximate surface area is 190 Å². The summed E-state index contributed by atoms with van der Waals surface area (Å²) < 4.78 is 28.7. The van der Waals surface area contributed by atoms with Crippen molar-refractivity contribution in [2.24, 2.45) is 0 Å². The number of benzene rings is 2. The topological polar surface area (TPSA) is 70.7 Å².